The van der Waals surface area contributed by atoms with Crippen LogP contribution >= 0.6 is 0 Å². The molecule has 14 nitrogen and oxygen atoms in total. The van der Waals surface area contributed by atoms with Crippen molar-refractivity contribution in [3.63, 3.8) is 0 Å². The average Bonchev–Trinajstić information content (AvgIpc) is 3.70. The highest BCUT2D eigenvalue weighted by Crippen LogP contribution is 2.34. The molecular formula is C32H40N4O10S. The molecule has 0 saturated carbocycles. The minimum Gasteiger partial charge on any atom is -0.493 e. The smallest absolute Gasteiger partial charge is 0.328 e. The summed E-state index contributed by atoms with van der Waals surface area (Å²) in [6.07, 6.45) is 6.55. The Morgan fingerprint density at radius 3 is 2.47 bits per heavy atom. The zero-order valence-corrected chi connectivity index (χ0v) is 27.6. The summed E-state index contributed by atoms with van der Waals surface area (Å²) in [5, 5.41) is 2.53. The zero-order chi connectivity index (χ0) is 34.1. The highest BCUT2D eigenvalue weighted by atomic mass is 32.2. The summed E-state index contributed by atoms with van der Waals surface area (Å²) in [6, 6.07) is 8.63. The molecule has 0 radical (unpaired) electrons. The SMILES string of the molecule is CCCCCC[C@H](C(=O)N1C[C@@H](Oc2ccc(OC)c(OC)c2)C[C@H]1C(=O)OC)n1cnc(NC(=O)c2ccccc2S(=O)(=O)O)c1. The molecule has 0 spiro atoms. The zero-order valence-electron chi connectivity index (χ0n) is 26.7. The lowest BCUT2D eigenvalue weighted by molar-refractivity contribution is -0.152. The quantitative estimate of drug-likeness (QED) is 0.135. The third kappa shape index (κ3) is 8.60. The number of amides is 2. The predicted octanol–water partition coefficient (Wildman–Crippen LogP) is 4.13. The van der Waals surface area contributed by atoms with Crippen molar-refractivity contribution in [2.75, 3.05) is 33.2 Å². The number of unbranched alkanes of at least 4 members (excludes halogenated alkanes) is 3. The van der Waals surface area contributed by atoms with Crippen molar-refractivity contribution in [1.82, 2.24) is 14.5 Å². The van der Waals surface area contributed by atoms with Crippen LogP contribution in [0.3, 0.4) is 0 Å². The standard InChI is InChI=1S/C32H40N4O10S/c1-5-6-7-8-12-24(35-19-29(33-20-35)34-30(37)23-11-9-10-13-28(23)47(40,41)42)31(38)36-18-22(16-25(36)32(39)45-4)46-21-14-15-26(43-2)27(17-21)44-3/h9-11,13-15,17,19-20,22,24-25H,5-8,12,16,18H2,1-4H3,(H,34,37)(H,40,41,42)/t22-,24+,25-/m0/s1. The molecule has 1 aliphatic rings. The minimum atomic E-state index is -4.66. The van der Waals surface area contributed by atoms with Crippen molar-refractivity contribution >= 4 is 33.7 Å². The number of hydrogen-bond donors (Lipinski definition) is 2. The van der Waals surface area contributed by atoms with Gasteiger partial charge < -0.3 is 33.7 Å². The number of anilines is 1. The molecule has 2 aromatic carbocycles. The lowest BCUT2D eigenvalue weighted by Gasteiger charge is -2.28. The third-order valence-corrected chi connectivity index (χ3v) is 8.82. The molecule has 3 atom stereocenters. The third-order valence-electron chi connectivity index (χ3n) is 7.91. The number of esters is 1. The van der Waals surface area contributed by atoms with Gasteiger partial charge in [0.25, 0.3) is 16.0 Å². The maximum absolute atomic E-state index is 14.2. The number of hydrogen-bond acceptors (Lipinski definition) is 10. The molecule has 0 bridgehead atoms. The van der Waals surface area contributed by atoms with Crippen LogP contribution in [-0.4, -0.2) is 85.2 Å². The summed E-state index contributed by atoms with van der Waals surface area (Å²) in [4.78, 5) is 45.2. The van der Waals surface area contributed by atoms with E-state index in [1.165, 1.54) is 57.0 Å². The molecule has 47 heavy (non-hydrogen) atoms. The van der Waals surface area contributed by atoms with Crippen LogP contribution in [0.25, 0.3) is 0 Å². The lowest BCUT2D eigenvalue weighted by atomic mass is 10.1. The van der Waals surface area contributed by atoms with Gasteiger partial charge in [0.1, 0.15) is 28.8 Å². The monoisotopic (exact) mass is 672 g/mol. The second-order valence-corrected chi connectivity index (χ2v) is 12.4. The summed E-state index contributed by atoms with van der Waals surface area (Å²) in [5.74, 6) is -0.189. The molecule has 2 heterocycles. The molecule has 0 aliphatic carbocycles. The van der Waals surface area contributed by atoms with Crippen LogP contribution in [0.15, 0.2) is 59.9 Å². The minimum absolute atomic E-state index is 0.0621. The Hall–Kier alpha value is -4.63. The van der Waals surface area contributed by atoms with E-state index >= 15 is 0 Å². The van der Waals surface area contributed by atoms with Crippen molar-refractivity contribution in [3.8, 4) is 17.2 Å². The maximum Gasteiger partial charge on any atom is 0.328 e. The summed E-state index contributed by atoms with van der Waals surface area (Å²) >= 11 is 0. The van der Waals surface area contributed by atoms with E-state index in [4.69, 9.17) is 18.9 Å². The predicted molar refractivity (Wildman–Crippen MR) is 170 cm³/mol. The summed E-state index contributed by atoms with van der Waals surface area (Å²) in [5.41, 5.74) is -0.268. The number of nitrogens with one attached hydrogen (secondary N) is 1. The van der Waals surface area contributed by atoms with Crippen LogP contribution in [0.2, 0.25) is 0 Å². The lowest BCUT2D eigenvalue weighted by Crippen LogP contribution is -2.44. The molecule has 1 aliphatic heterocycles. The van der Waals surface area contributed by atoms with Crippen LogP contribution in [0.1, 0.15) is 61.8 Å². The van der Waals surface area contributed by atoms with Gasteiger partial charge in [-0.1, -0.05) is 44.7 Å². The Bertz CT molecular complexity index is 1680. The molecule has 2 amide bonds. The van der Waals surface area contributed by atoms with E-state index in [1.807, 2.05) is 0 Å². The van der Waals surface area contributed by atoms with E-state index in [2.05, 4.69) is 17.2 Å². The van der Waals surface area contributed by atoms with E-state index in [0.29, 0.717) is 30.1 Å². The normalized spacial score (nSPS) is 16.7. The van der Waals surface area contributed by atoms with Gasteiger partial charge in [-0.05, 0) is 30.7 Å². The number of imidazole rings is 1. The van der Waals surface area contributed by atoms with Crippen LogP contribution in [0, 0.1) is 0 Å². The second-order valence-electron chi connectivity index (χ2n) is 11.0. The van der Waals surface area contributed by atoms with Gasteiger partial charge in [0.15, 0.2) is 17.3 Å². The number of nitrogens with zero attached hydrogens (tertiary/aromatic N) is 3. The number of carbonyl (C=O) groups excluding carboxylic acids is 3. The molecule has 1 saturated heterocycles. The molecule has 254 valence electrons. The number of aromatic nitrogens is 2. The van der Waals surface area contributed by atoms with Gasteiger partial charge in [0.05, 0.1) is 39.8 Å². The number of ether oxygens (including phenoxy) is 4. The van der Waals surface area contributed by atoms with Crippen LogP contribution in [0.5, 0.6) is 17.2 Å². The number of methoxy groups -OCH3 is 3. The number of likely N-dealkylation sites (tertiary alicyclic amines) is 1. The summed E-state index contributed by atoms with van der Waals surface area (Å²) in [7, 11) is -0.355. The highest BCUT2D eigenvalue weighted by Gasteiger charge is 2.43. The number of rotatable bonds is 15. The van der Waals surface area contributed by atoms with Crippen LogP contribution in [0.4, 0.5) is 5.82 Å². The van der Waals surface area contributed by atoms with Gasteiger partial charge in [-0.25, -0.2) is 9.78 Å². The van der Waals surface area contributed by atoms with E-state index < -0.39 is 45.1 Å². The van der Waals surface area contributed by atoms with E-state index in [-0.39, 0.29) is 30.3 Å². The Morgan fingerprint density at radius 2 is 1.79 bits per heavy atom. The van der Waals surface area contributed by atoms with Gasteiger partial charge in [0.2, 0.25) is 5.91 Å². The molecule has 0 unspecified atom stereocenters. The van der Waals surface area contributed by atoms with Crippen molar-refractivity contribution in [2.24, 2.45) is 0 Å². The van der Waals surface area contributed by atoms with Gasteiger partial charge in [-0.3, -0.25) is 14.1 Å². The summed E-state index contributed by atoms with van der Waals surface area (Å²) in [6.45, 7) is 2.19. The Morgan fingerprint density at radius 1 is 1.04 bits per heavy atom. The van der Waals surface area contributed by atoms with Gasteiger partial charge in [-0.2, -0.15) is 8.42 Å². The Kier molecular flexibility index (Phi) is 11.8. The second kappa shape index (κ2) is 15.8. The first-order chi connectivity index (χ1) is 22.5. The number of carbonyl (C=O) groups is 3. The molecule has 2 N–H and O–H groups in total. The Balaban J connectivity index is 1.57. The maximum atomic E-state index is 14.2. The fraction of sp³-hybridized carbons (Fsp3) is 0.438. The topological polar surface area (TPSA) is 176 Å². The molecule has 15 heteroatoms. The van der Waals surface area contributed by atoms with Gasteiger partial charge in [0, 0.05) is 18.7 Å². The van der Waals surface area contributed by atoms with Crippen LogP contribution in [-0.2, 0) is 24.4 Å². The van der Waals surface area contributed by atoms with Crippen LogP contribution < -0.4 is 19.5 Å². The highest BCUT2D eigenvalue weighted by molar-refractivity contribution is 7.86. The molecule has 1 fully saturated rings. The van der Waals surface area contributed by atoms with E-state index in [1.54, 1.807) is 22.8 Å². The fourth-order valence-electron chi connectivity index (χ4n) is 5.56. The van der Waals surface area contributed by atoms with Crippen molar-refractivity contribution in [1.29, 1.82) is 0 Å². The molecule has 3 aromatic rings. The van der Waals surface area contributed by atoms with Gasteiger partial charge in [-0.15, -0.1) is 0 Å². The van der Waals surface area contributed by atoms with E-state index in [9.17, 15) is 27.4 Å². The first-order valence-corrected chi connectivity index (χ1v) is 16.6. The largest absolute Gasteiger partial charge is 0.493 e. The average molecular weight is 673 g/mol. The van der Waals surface area contributed by atoms with Crippen molar-refractivity contribution < 1.29 is 46.3 Å². The first kappa shape index (κ1) is 35.2. The van der Waals surface area contributed by atoms with E-state index in [0.717, 1.165) is 25.3 Å². The number of benzene rings is 2. The fourth-order valence-corrected chi connectivity index (χ4v) is 6.25. The van der Waals surface area contributed by atoms with Crippen molar-refractivity contribution in [2.45, 2.75) is 68.5 Å². The molecule has 1 aromatic heterocycles. The molecular weight excluding hydrogens is 632 g/mol. The summed E-state index contributed by atoms with van der Waals surface area (Å²) < 4.78 is 56.6. The first-order valence-electron chi connectivity index (χ1n) is 15.2. The Labute approximate surface area is 273 Å². The van der Waals surface area contributed by atoms with Crippen molar-refractivity contribution in [3.05, 3.63) is 60.6 Å². The van der Waals surface area contributed by atoms with Gasteiger partial charge >= 0.3 is 5.97 Å². The molecule has 4 rings (SSSR count).